The first-order chi connectivity index (χ1) is 14.8. The summed E-state index contributed by atoms with van der Waals surface area (Å²) < 4.78 is 11.7. The van der Waals surface area contributed by atoms with Gasteiger partial charge in [-0.25, -0.2) is 0 Å². The third-order valence-corrected chi connectivity index (χ3v) is 7.34. The third kappa shape index (κ3) is 5.49. The Balaban J connectivity index is 1.84. The molecule has 1 aliphatic carbocycles. The third-order valence-electron chi connectivity index (χ3n) is 7.34. The van der Waals surface area contributed by atoms with Crippen molar-refractivity contribution in [2.75, 3.05) is 0 Å². The number of hydrogen-bond acceptors (Lipinski definition) is 4. The minimum Gasteiger partial charge on any atom is -0.481 e. The molecule has 31 heavy (non-hydrogen) atoms. The minimum atomic E-state index is -1.02. The highest BCUT2D eigenvalue weighted by Crippen LogP contribution is 2.59. The van der Waals surface area contributed by atoms with Gasteiger partial charge < -0.3 is 14.6 Å². The van der Waals surface area contributed by atoms with E-state index in [1.165, 1.54) is 0 Å². The number of fused-ring (bicyclic) bond motifs is 1. The Morgan fingerprint density at radius 3 is 2.52 bits per heavy atom. The summed E-state index contributed by atoms with van der Waals surface area (Å²) in [6.07, 6.45) is 7.84. The zero-order valence-electron chi connectivity index (χ0n) is 19.3. The highest BCUT2D eigenvalue weighted by Gasteiger charge is 2.67. The standard InChI is InChI=1S/C26H38O5/c1-4-6-8-12-19(11-5-2)15-26(24(29)30-18-20-13-9-7-10-14-20)17-22-25(3,31-22)16-21(26)23(27)28/h7,9-10,13-14,19,21-22H,4-6,8,11-12,15-18H2,1-3H3,(H,27,28). The molecule has 0 aromatic heterocycles. The van der Waals surface area contributed by atoms with E-state index < -0.39 is 22.9 Å². The van der Waals surface area contributed by atoms with Crippen molar-refractivity contribution < 1.29 is 24.2 Å². The molecule has 5 atom stereocenters. The van der Waals surface area contributed by atoms with Gasteiger partial charge in [-0.05, 0) is 37.7 Å². The fourth-order valence-corrected chi connectivity index (χ4v) is 5.48. The normalized spacial score (nSPS) is 30.3. The first kappa shape index (κ1) is 23.8. The van der Waals surface area contributed by atoms with Crippen LogP contribution < -0.4 is 0 Å². The van der Waals surface area contributed by atoms with Crippen LogP contribution in [0.3, 0.4) is 0 Å². The molecule has 2 aliphatic rings. The fraction of sp³-hybridized carbons (Fsp3) is 0.692. The molecule has 1 saturated heterocycles. The van der Waals surface area contributed by atoms with Gasteiger partial charge in [0.2, 0.25) is 0 Å². The predicted molar refractivity (Wildman–Crippen MR) is 119 cm³/mol. The summed E-state index contributed by atoms with van der Waals surface area (Å²) in [7, 11) is 0. The molecule has 2 fully saturated rings. The lowest BCUT2D eigenvalue weighted by atomic mass is 9.59. The van der Waals surface area contributed by atoms with Gasteiger partial charge in [0.05, 0.1) is 23.0 Å². The van der Waals surface area contributed by atoms with E-state index in [-0.39, 0.29) is 18.7 Å². The summed E-state index contributed by atoms with van der Waals surface area (Å²) in [6.45, 7) is 6.48. The lowest BCUT2D eigenvalue weighted by Crippen LogP contribution is -2.50. The summed E-state index contributed by atoms with van der Waals surface area (Å²) in [5.74, 6) is -1.72. The number of rotatable bonds is 12. The number of ether oxygens (including phenoxy) is 2. The molecule has 1 heterocycles. The molecule has 0 spiro atoms. The van der Waals surface area contributed by atoms with Crippen LogP contribution in [0.15, 0.2) is 30.3 Å². The van der Waals surface area contributed by atoms with Crippen LogP contribution >= 0.6 is 0 Å². The Morgan fingerprint density at radius 1 is 1.13 bits per heavy atom. The van der Waals surface area contributed by atoms with Gasteiger partial charge >= 0.3 is 11.9 Å². The first-order valence-corrected chi connectivity index (χ1v) is 12.0. The van der Waals surface area contributed by atoms with Gasteiger partial charge in [-0.2, -0.15) is 0 Å². The van der Waals surface area contributed by atoms with Crippen molar-refractivity contribution in [1.29, 1.82) is 0 Å². The van der Waals surface area contributed by atoms with Crippen LogP contribution in [0.2, 0.25) is 0 Å². The SMILES string of the molecule is CCCCCC(CCC)CC1(C(=O)OCc2ccccc2)CC2OC2(C)CC1C(=O)O. The highest BCUT2D eigenvalue weighted by atomic mass is 16.6. The quantitative estimate of drug-likeness (QED) is 0.259. The average molecular weight is 431 g/mol. The number of epoxide rings is 1. The van der Waals surface area contributed by atoms with E-state index in [9.17, 15) is 14.7 Å². The Hall–Kier alpha value is -1.88. The molecule has 172 valence electrons. The van der Waals surface area contributed by atoms with Gasteiger partial charge in [0.15, 0.2) is 0 Å². The summed E-state index contributed by atoms with van der Waals surface area (Å²) >= 11 is 0. The molecular weight excluding hydrogens is 392 g/mol. The van der Waals surface area contributed by atoms with Gasteiger partial charge in [0.25, 0.3) is 0 Å². The summed E-state index contributed by atoms with van der Waals surface area (Å²) in [4.78, 5) is 26.0. The lowest BCUT2D eigenvalue weighted by molar-refractivity contribution is -0.173. The zero-order valence-corrected chi connectivity index (χ0v) is 19.3. The van der Waals surface area contributed by atoms with Crippen molar-refractivity contribution in [2.45, 2.75) is 96.9 Å². The van der Waals surface area contributed by atoms with Crippen LogP contribution in [0.25, 0.3) is 0 Å². The fourth-order valence-electron chi connectivity index (χ4n) is 5.48. The van der Waals surface area contributed by atoms with E-state index in [4.69, 9.17) is 9.47 Å². The molecule has 5 unspecified atom stereocenters. The van der Waals surface area contributed by atoms with Crippen LogP contribution in [0.5, 0.6) is 0 Å². The number of benzene rings is 1. The summed E-state index contributed by atoms with van der Waals surface area (Å²) in [5.41, 5.74) is -0.517. The van der Waals surface area contributed by atoms with Gasteiger partial charge in [0, 0.05) is 0 Å². The van der Waals surface area contributed by atoms with Crippen molar-refractivity contribution in [3.05, 3.63) is 35.9 Å². The topological polar surface area (TPSA) is 76.1 Å². The molecule has 1 aromatic rings. The van der Waals surface area contributed by atoms with Crippen LogP contribution in [-0.4, -0.2) is 28.8 Å². The molecule has 1 aliphatic heterocycles. The second-order valence-corrected chi connectivity index (χ2v) is 9.79. The first-order valence-electron chi connectivity index (χ1n) is 12.0. The maximum Gasteiger partial charge on any atom is 0.313 e. The van der Waals surface area contributed by atoms with E-state index in [2.05, 4.69) is 13.8 Å². The number of carbonyl (C=O) groups excluding carboxylic acids is 1. The molecule has 1 aromatic carbocycles. The molecule has 0 radical (unpaired) electrons. The number of unbranched alkanes of at least 4 members (excludes halogenated alkanes) is 2. The number of hydrogen-bond donors (Lipinski definition) is 1. The maximum atomic E-state index is 13.6. The summed E-state index contributed by atoms with van der Waals surface area (Å²) in [6, 6.07) is 9.58. The van der Waals surface area contributed by atoms with E-state index in [1.807, 2.05) is 37.3 Å². The highest BCUT2D eigenvalue weighted by molar-refractivity contribution is 5.85. The Labute approximate surface area is 186 Å². The number of carboxylic acids is 1. The molecule has 0 amide bonds. The van der Waals surface area contributed by atoms with E-state index >= 15 is 0 Å². The second kappa shape index (κ2) is 10.2. The zero-order chi connectivity index (χ0) is 22.5. The van der Waals surface area contributed by atoms with Gasteiger partial charge in [-0.15, -0.1) is 0 Å². The van der Waals surface area contributed by atoms with Gasteiger partial charge in [0.1, 0.15) is 6.61 Å². The number of carboxylic acid groups (broad SMARTS) is 1. The molecular formula is C26H38O5. The maximum absolute atomic E-state index is 13.6. The van der Waals surface area contributed by atoms with Crippen LogP contribution in [0.1, 0.15) is 84.1 Å². The van der Waals surface area contributed by atoms with E-state index in [0.717, 1.165) is 44.1 Å². The van der Waals surface area contributed by atoms with E-state index in [1.54, 1.807) is 0 Å². The van der Waals surface area contributed by atoms with Crippen LogP contribution in [-0.2, 0) is 25.7 Å². The lowest BCUT2D eigenvalue weighted by Gasteiger charge is -2.42. The summed E-state index contributed by atoms with van der Waals surface area (Å²) in [5, 5.41) is 10.2. The number of esters is 1. The Morgan fingerprint density at radius 2 is 1.87 bits per heavy atom. The molecule has 5 nitrogen and oxygen atoms in total. The minimum absolute atomic E-state index is 0.0507. The molecule has 3 rings (SSSR count). The largest absolute Gasteiger partial charge is 0.481 e. The number of carbonyl (C=O) groups is 2. The van der Waals surface area contributed by atoms with Crippen LogP contribution in [0.4, 0.5) is 0 Å². The molecule has 0 bridgehead atoms. The predicted octanol–water partition coefficient (Wildman–Crippen LogP) is 5.76. The second-order valence-electron chi connectivity index (χ2n) is 9.79. The monoisotopic (exact) mass is 430 g/mol. The Bertz CT molecular complexity index is 747. The van der Waals surface area contributed by atoms with Crippen molar-refractivity contribution in [3.63, 3.8) is 0 Å². The van der Waals surface area contributed by atoms with Crippen molar-refractivity contribution in [3.8, 4) is 0 Å². The average Bonchev–Trinajstić information content (AvgIpc) is 3.41. The van der Waals surface area contributed by atoms with Crippen molar-refractivity contribution in [2.24, 2.45) is 17.3 Å². The van der Waals surface area contributed by atoms with Gasteiger partial charge in [-0.3, -0.25) is 9.59 Å². The van der Waals surface area contributed by atoms with Gasteiger partial charge in [-0.1, -0.05) is 82.7 Å². The van der Waals surface area contributed by atoms with E-state index in [0.29, 0.717) is 25.2 Å². The molecule has 1 N–H and O–H groups in total. The Kier molecular flexibility index (Phi) is 7.79. The smallest absolute Gasteiger partial charge is 0.313 e. The molecule has 1 saturated carbocycles. The van der Waals surface area contributed by atoms with Crippen molar-refractivity contribution >= 4 is 11.9 Å². The molecule has 5 heteroatoms. The number of aliphatic carboxylic acids is 1. The van der Waals surface area contributed by atoms with Crippen molar-refractivity contribution in [1.82, 2.24) is 0 Å². The van der Waals surface area contributed by atoms with Crippen LogP contribution in [0, 0.1) is 17.3 Å².